The highest BCUT2D eigenvalue weighted by molar-refractivity contribution is 7.91. The Morgan fingerprint density at radius 3 is 2.67 bits per heavy atom. The van der Waals surface area contributed by atoms with Crippen molar-refractivity contribution in [1.29, 1.82) is 0 Å². The Balaban J connectivity index is 1.88. The predicted molar refractivity (Wildman–Crippen MR) is 100 cm³/mol. The van der Waals surface area contributed by atoms with E-state index in [4.69, 9.17) is 0 Å². The fourth-order valence-corrected chi connectivity index (χ4v) is 5.02. The van der Waals surface area contributed by atoms with Crippen LogP contribution in [-0.4, -0.2) is 40.4 Å². The van der Waals surface area contributed by atoms with E-state index in [1.54, 1.807) is 23.7 Å². The number of nitro benzene ring substituents is 1. The van der Waals surface area contributed by atoms with Crippen LogP contribution < -0.4 is 0 Å². The molecule has 1 aliphatic rings. The summed E-state index contributed by atoms with van der Waals surface area (Å²) in [4.78, 5) is 22.9. The molecule has 27 heavy (non-hydrogen) atoms. The molecule has 3 rings (SSSR count). The van der Waals surface area contributed by atoms with Crippen molar-refractivity contribution in [1.82, 2.24) is 9.78 Å². The second-order valence-electron chi connectivity index (χ2n) is 6.56. The second kappa shape index (κ2) is 7.07. The zero-order chi connectivity index (χ0) is 19.8. The Labute approximate surface area is 156 Å². The first kappa shape index (κ1) is 19.0. The van der Waals surface area contributed by atoms with Gasteiger partial charge in [0.1, 0.15) is 0 Å². The molecule has 8 nitrogen and oxygen atoms in total. The van der Waals surface area contributed by atoms with Gasteiger partial charge in [0.2, 0.25) is 0 Å². The van der Waals surface area contributed by atoms with Crippen molar-refractivity contribution in [3.63, 3.8) is 0 Å². The number of nitrogens with zero attached hydrogens (tertiary/aromatic N) is 3. The number of rotatable bonds is 5. The maximum atomic E-state index is 12.4. The van der Waals surface area contributed by atoms with Gasteiger partial charge in [0, 0.05) is 17.3 Å². The lowest BCUT2D eigenvalue weighted by atomic mass is 10.1. The zero-order valence-corrected chi connectivity index (χ0v) is 15.8. The molecule has 1 saturated heterocycles. The standard InChI is InChI=1S/C18H19N3O5S/c1-12-15(13(2)20(19-12)14-9-10-27(25,26)11-14)7-8-18(22)16-5-3-4-6-17(16)21(23)24/h3-8,14H,9-11H2,1-2H3/b8-7+/t14-/m0/s1. The number of carbonyl (C=O) groups excluding carboxylic acids is 1. The highest BCUT2D eigenvalue weighted by Crippen LogP contribution is 2.27. The van der Waals surface area contributed by atoms with E-state index in [9.17, 15) is 23.3 Å². The number of aryl methyl sites for hydroxylation is 1. The van der Waals surface area contributed by atoms with Crippen molar-refractivity contribution in [3.8, 4) is 0 Å². The summed E-state index contributed by atoms with van der Waals surface area (Å²) in [6.45, 7) is 3.60. The molecule has 1 atom stereocenters. The summed E-state index contributed by atoms with van der Waals surface area (Å²) in [6.07, 6.45) is 3.38. The summed E-state index contributed by atoms with van der Waals surface area (Å²) in [5, 5.41) is 15.5. The third-order valence-electron chi connectivity index (χ3n) is 4.70. The van der Waals surface area contributed by atoms with Gasteiger partial charge in [-0.1, -0.05) is 12.1 Å². The number of allylic oxidation sites excluding steroid dienone is 1. The van der Waals surface area contributed by atoms with Crippen molar-refractivity contribution in [3.05, 3.63) is 63.0 Å². The highest BCUT2D eigenvalue weighted by Gasteiger charge is 2.31. The van der Waals surface area contributed by atoms with Gasteiger partial charge < -0.3 is 0 Å². The molecule has 142 valence electrons. The monoisotopic (exact) mass is 389 g/mol. The Bertz CT molecular complexity index is 1050. The summed E-state index contributed by atoms with van der Waals surface area (Å²) >= 11 is 0. The minimum atomic E-state index is -3.04. The number of aromatic nitrogens is 2. The van der Waals surface area contributed by atoms with Gasteiger partial charge in [-0.15, -0.1) is 0 Å². The van der Waals surface area contributed by atoms with Crippen LogP contribution in [0.1, 0.15) is 39.8 Å². The molecule has 0 bridgehead atoms. The number of nitro groups is 1. The number of ketones is 1. The number of hydrogen-bond donors (Lipinski definition) is 0. The second-order valence-corrected chi connectivity index (χ2v) is 8.79. The molecule has 0 N–H and O–H groups in total. The van der Waals surface area contributed by atoms with Crippen LogP contribution in [0.15, 0.2) is 30.3 Å². The Morgan fingerprint density at radius 2 is 2.04 bits per heavy atom. The number of sulfone groups is 1. The molecule has 2 aromatic rings. The fraction of sp³-hybridized carbons (Fsp3) is 0.333. The topological polar surface area (TPSA) is 112 Å². The lowest BCUT2D eigenvalue weighted by Crippen LogP contribution is -2.13. The lowest BCUT2D eigenvalue weighted by Gasteiger charge is -2.10. The van der Waals surface area contributed by atoms with E-state index in [-0.39, 0.29) is 28.8 Å². The molecule has 9 heteroatoms. The van der Waals surface area contributed by atoms with Gasteiger partial charge in [-0.25, -0.2) is 8.42 Å². The van der Waals surface area contributed by atoms with Crippen LogP contribution in [0, 0.1) is 24.0 Å². The molecule has 0 amide bonds. The highest BCUT2D eigenvalue weighted by atomic mass is 32.2. The van der Waals surface area contributed by atoms with E-state index >= 15 is 0 Å². The van der Waals surface area contributed by atoms with Crippen LogP contribution in [0.3, 0.4) is 0 Å². The first-order chi connectivity index (χ1) is 12.7. The normalized spacial score (nSPS) is 18.8. The Kier molecular flexibility index (Phi) is 4.97. The Morgan fingerprint density at radius 1 is 1.33 bits per heavy atom. The van der Waals surface area contributed by atoms with Crippen molar-refractivity contribution < 1.29 is 18.1 Å². The van der Waals surface area contributed by atoms with E-state index in [1.807, 2.05) is 6.92 Å². The maximum absolute atomic E-state index is 12.4. The Hall–Kier alpha value is -2.81. The van der Waals surface area contributed by atoms with Crippen molar-refractivity contribution in [2.75, 3.05) is 11.5 Å². The van der Waals surface area contributed by atoms with Crippen molar-refractivity contribution in [2.45, 2.75) is 26.3 Å². The third kappa shape index (κ3) is 3.82. The third-order valence-corrected chi connectivity index (χ3v) is 6.45. The van der Waals surface area contributed by atoms with E-state index in [0.29, 0.717) is 17.7 Å². The molecule has 1 aromatic carbocycles. The van der Waals surface area contributed by atoms with Gasteiger partial charge in [-0.05, 0) is 38.5 Å². The first-order valence-corrected chi connectivity index (χ1v) is 10.2. The predicted octanol–water partition coefficient (Wildman–Crippen LogP) is 2.66. The average molecular weight is 389 g/mol. The van der Waals surface area contributed by atoms with E-state index in [0.717, 1.165) is 5.69 Å². The first-order valence-electron chi connectivity index (χ1n) is 8.41. The number of hydrogen-bond acceptors (Lipinski definition) is 6. The number of para-hydroxylation sites is 1. The van der Waals surface area contributed by atoms with Crippen LogP contribution in [0.2, 0.25) is 0 Å². The maximum Gasteiger partial charge on any atom is 0.280 e. The van der Waals surface area contributed by atoms with Gasteiger partial charge in [0.15, 0.2) is 15.6 Å². The van der Waals surface area contributed by atoms with Gasteiger partial charge >= 0.3 is 0 Å². The van der Waals surface area contributed by atoms with E-state index < -0.39 is 20.5 Å². The van der Waals surface area contributed by atoms with Gasteiger partial charge in [-0.3, -0.25) is 19.6 Å². The molecule has 2 heterocycles. The van der Waals surface area contributed by atoms with Crippen LogP contribution in [0.25, 0.3) is 6.08 Å². The quantitative estimate of drug-likeness (QED) is 0.336. The summed E-state index contributed by atoms with van der Waals surface area (Å²) < 4.78 is 25.1. The molecule has 1 aromatic heterocycles. The van der Waals surface area contributed by atoms with Gasteiger partial charge in [0.05, 0.1) is 33.7 Å². The summed E-state index contributed by atoms with van der Waals surface area (Å²) in [7, 11) is -3.04. The van der Waals surface area contributed by atoms with Crippen LogP contribution >= 0.6 is 0 Å². The van der Waals surface area contributed by atoms with Gasteiger partial charge in [-0.2, -0.15) is 5.10 Å². The van der Waals surface area contributed by atoms with Gasteiger partial charge in [0.25, 0.3) is 5.69 Å². The molecule has 0 saturated carbocycles. The largest absolute Gasteiger partial charge is 0.289 e. The molecular formula is C18H19N3O5S. The van der Waals surface area contributed by atoms with E-state index in [2.05, 4.69) is 5.10 Å². The molecule has 1 fully saturated rings. The van der Waals surface area contributed by atoms with Crippen molar-refractivity contribution in [2.24, 2.45) is 0 Å². The summed E-state index contributed by atoms with van der Waals surface area (Å²) in [5.74, 6) is -0.262. The van der Waals surface area contributed by atoms with Crippen LogP contribution in [-0.2, 0) is 9.84 Å². The molecule has 0 unspecified atom stereocenters. The molecule has 1 aliphatic heterocycles. The molecule has 0 radical (unpaired) electrons. The van der Waals surface area contributed by atoms with Crippen LogP contribution in [0.5, 0.6) is 0 Å². The van der Waals surface area contributed by atoms with E-state index in [1.165, 1.54) is 24.3 Å². The lowest BCUT2D eigenvalue weighted by molar-refractivity contribution is -0.385. The number of benzene rings is 1. The number of carbonyl (C=O) groups is 1. The SMILES string of the molecule is Cc1nn([C@H]2CCS(=O)(=O)C2)c(C)c1/C=C/C(=O)c1ccccc1[N+](=O)[O-]. The molecule has 0 spiro atoms. The zero-order valence-electron chi connectivity index (χ0n) is 15.0. The minimum absolute atomic E-state index is 0.0170. The fourth-order valence-electron chi connectivity index (χ4n) is 3.33. The molecular weight excluding hydrogens is 370 g/mol. The summed E-state index contributed by atoms with van der Waals surface area (Å²) in [6, 6.07) is 5.57. The summed E-state index contributed by atoms with van der Waals surface area (Å²) in [5.41, 5.74) is 1.92. The van der Waals surface area contributed by atoms with Crippen LogP contribution in [0.4, 0.5) is 5.69 Å². The molecule has 0 aliphatic carbocycles. The van der Waals surface area contributed by atoms with Crippen molar-refractivity contribution >= 4 is 27.4 Å². The average Bonchev–Trinajstić information content (AvgIpc) is 3.11. The minimum Gasteiger partial charge on any atom is -0.289 e. The smallest absolute Gasteiger partial charge is 0.280 e.